The number of carbonyl (C=O) groups is 1. The van der Waals surface area contributed by atoms with Crippen LogP contribution in [0.25, 0.3) is 0 Å². The first-order chi connectivity index (χ1) is 10.2. The molecule has 1 aliphatic heterocycles. The highest BCUT2D eigenvalue weighted by atomic mass is 35.5. The lowest BCUT2D eigenvalue weighted by Gasteiger charge is -2.39. The summed E-state index contributed by atoms with van der Waals surface area (Å²) in [5.74, 6) is 1.31. The average Bonchev–Trinajstić information content (AvgIpc) is 2.90. The Kier molecular flexibility index (Phi) is 8.65. The number of nitrogens with two attached hydrogens (primary N) is 1. The second-order valence-electron chi connectivity index (χ2n) is 7.06. The molecule has 0 saturated carbocycles. The lowest BCUT2D eigenvalue weighted by Crippen LogP contribution is -2.56. The van der Waals surface area contributed by atoms with Gasteiger partial charge < -0.3 is 15.2 Å². The van der Waals surface area contributed by atoms with E-state index in [1.807, 2.05) is 39.5 Å². The number of piperazine rings is 1. The van der Waals surface area contributed by atoms with Gasteiger partial charge in [-0.05, 0) is 19.3 Å². The van der Waals surface area contributed by atoms with Crippen LogP contribution in [0.2, 0.25) is 0 Å². The monoisotopic (exact) mass is 381 g/mol. The normalized spacial score (nSPS) is 18.3. The molecule has 0 aliphatic carbocycles. The molecule has 1 saturated heterocycles. The van der Waals surface area contributed by atoms with E-state index in [1.54, 1.807) is 0 Å². The number of hydrogen-bond donors (Lipinski definition) is 1. The summed E-state index contributed by atoms with van der Waals surface area (Å²) in [7, 11) is 0. The fraction of sp³-hybridized carbons (Fsp3) is 0.800. The summed E-state index contributed by atoms with van der Waals surface area (Å²) in [6, 6.07) is -0.398. The van der Waals surface area contributed by atoms with E-state index >= 15 is 0 Å². The number of aromatic nitrogens is 2. The fourth-order valence-corrected chi connectivity index (χ4v) is 2.54. The Bertz CT molecular complexity index is 524. The van der Waals surface area contributed by atoms with Crippen molar-refractivity contribution in [1.29, 1.82) is 0 Å². The van der Waals surface area contributed by atoms with Gasteiger partial charge in [-0.1, -0.05) is 25.9 Å². The molecule has 2 atom stereocenters. The molecule has 1 amide bonds. The van der Waals surface area contributed by atoms with E-state index in [0.29, 0.717) is 24.8 Å². The lowest BCUT2D eigenvalue weighted by molar-refractivity contribution is -0.137. The second-order valence-corrected chi connectivity index (χ2v) is 7.06. The van der Waals surface area contributed by atoms with Gasteiger partial charge in [0.2, 0.25) is 11.8 Å². The molecule has 1 aliphatic rings. The Morgan fingerprint density at radius 2 is 1.75 bits per heavy atom. The molecule has 0 aromatic carbocycles. The predicted octanol–water partition coefficient (Wildman–Crippen LogP) is 1.80. The molecular formula is C15H29Cl2N5O2. The summed E-state index contributed by atoms with van der Waals surface area (Å²) in [4.78, 5) is 20.8. The van der Waals surface area contributed by atoms with Crippen LogP contribution in [0.1, 0.15) is 45.5 Å². The highest BCUT2D eigenvalue weighted by Gasteiger charge is 2.33. The molecule has 1 fully saturated rings. The lowest BCUT2D eigenvalue weighted by atomic mass is 9.86. The van der Waals surface area contributed by atoms with Crippen molar-refractivity contribution in [3.63, 3.8) is 0 Å². The summed E-state index contributed by atoms with van der Waals surface area (Å²) in [6.45, 7) is 12.8. The van der Waals surface area contributed by atoms with Crippen LogP contribution >= 0.6 is 24.8 Å². The van der Waals surface area contributed by atoms with Crippen LogP contribution in [0, 0.1) is 12.3 Å². The standard InChI is InChI=1S/C15H27N5O2.2ClH/c1-10(13-17-11(2)18-22-13)19-6-8-20(9-7-19)14(21)12(16)15(3,4)5;;/h10,12H,6-9,16H2,1-5H3;2*1H/t10?,12-;;/m1../s1. The number of rotatable bonds is 3. The Hall–Kier alpha value is -0.890. The average molecular weight is 382 g/mol. The minimum Gasteiger partial charge on any atom is -0.339 e. The van der Waals surface area contributed by atoms with Gasteiger partial charge >= 0.3 is 0 Å². The summed E-state index contributed by atoms with van der Waals surface area (Å²) in [5, 5.41) is 3.83. The molecule has 140 valence electrons. The molecule has 0 radical (unpaired) electrons. The molecule has 24 heavy (non-hydrogen) atoms. The van der Waals surface area contributed by atoms with Crippen molar-refractivity contribution in [2.24, 2.45) is 11.1 Å². The first-order valence-corrected chi connectivity index (χ1v) is 7.79. The first-order valence-electron chi connectivity index (χ1n) is 7.79. The molecule has 9 heteroatoms. The van der Waals surface area contributed by atoms with Crippen LogP contribution in [-0.4, -0.2) is 58.1 Å². The number of nitrogens with zero attached hydrogens (tertiary/aromatic N) is 4. The van der Waals surface area contributed by atoms with Crippen LogP contribution in [0.5, 0.6) is 0 Å². The summed E-state index contributed by atoms with van der Waals surface area (Å²) in [6.07, 6.45) is 0. The Labute approximate surface area is 156 Å². The van der Waals surface area contributed by atoms with Crippen molar-refractivity contribution in [3.05, 3.63) is 11.7 Å². The Balaban J connectivity index is 0.00000264. The van der Waals surface area contributed by atoms with E-state index in [-0.39, 0.29) is 42.2 Å². The van der Waals surface area contributed by atoms with Crippen LogP contribution in [0.4, 0.5) is 0 Å². The third kappa shape index (κ3) is 5.31. The van der Waals surface area contributed by atoms with E-state index < -0.39 is 6.04 Å². The van der Waals surface area contributed by atoms with E-state index in [9.17, 15) is 4.79 Å². The summed E-state index contributed by atoms with van der Waals surface area (Å²) < 4.78 is 5.23. The maximum Gasteiger partial charge on any atom is 0.243 e. The summed E-state index contributed by atoms with van der Waals surface area (Å²) >= 11 is 0. The zero-order chi connectivity index (χ0) is 16.5. The number of halogens is 2. The van der Waals surface area contributed by atoms with Crippen molar-refractivity contribution in [1.82, 2.24) is 19.9 Å². The SMILES string of the molecule is Cc1noc(C(C)N2CCN(C(=O)[C@@H](N)C(C)(C)C)CC2)n1.Cl.Cl. The van der Waals surface area contributed by atoms with Gasteiger partial charge in [-0.15, -0.1) is 24.8 Å². The van der Waals surface area contributed by atoms with Crippen LogP contribution in [-0.2, 0) is 4.79 Å². The molecule has 2 heterocycles. The van der Waals surface area contributed by atoms with Crippen molar-refractivity contribution >= 4 is 30.7 Å². The first kappa shape index (κ1) is 23.1. The molecule has 2 N–H and O–H groups in total. The smallest absolute Gasteiger partial charge is 0.243 e. The van der Waals surface area contributed by atoms with E-state index in [2.05, 4.69) is 15.0 Å². The minimum absolute atomic E-state index is 0. The predicted molar refractivity (Wildman–Crippen MR) is 97.5 cm³/mol. The molecule has 7 nitrogen and oxygen atoms in total. The highest BCUT2D eigenvalue weighted by molar-refractivity contribution is 5.85. The fourth-order valence-electron chi connectivity index (χ4n) is 2.54. The largest absolute Gasteiger partial charge is 0.339 e. The molecule has 1 aromatic heterocycles. The quantitative estimate of drug-likeness (QED) is 0.858. The number of carbonyl (C=O) groups excluding carboxylic acids is 1. The zero-order valence-electron chi connectivity index (χ0n) is 15.0. The third-order valence-electron chi connectivity index (χ3n) is 4.27. The second kappa shape index (κ2) is 8.99. The van der Waals surface area contributed by atoms with Crippen LogP contribution in [0.3, 0.4) is 0 Å². The molecular weight excluding hydrogens is 353 g/mol. The third-order valence-corrected chi connectivity index (χ3v) is 4.27. The molecule has 1 unspecified atom stereocenters. The van der Waals surface area contributed by atoms with Gasteiger partial charge in [0.15, 0.2) is 5.82 Å². The number of hydrogen-bond acceptors (Lipinski definition) is 6. The minimum atomic E-state index is -0.463. The van der Waals surface area contributed by atoms with Gasteiger partial charge in [0.1, 0.15) is 0 Å². The van der Waals surface area contributed by atoms with Gasteiger partial charge in [0, 0.05) is 26.2 Å². The van der Waals surface area contributed by atoms with Gasteiger partial charge in [-0.2, -0.15) is 4.98 Å². The van der Waals surface area contributed by atoms with E-state index in [4.69, 9.17) is 10.3 Å². The molecule has 1 aromatic rings. The highest BCUT2D eigenvalue weighted by Crippen LogP contribution is 2.22. The van der Waals surface area contributed by atoms with Crippen molar-refractivity contribution < 1.29 is 9.32 Å². The Morgan fingerprint density at radius 3 is 2.17 bits per heavy atom. The zero-order valence-corrected chi connectivity index (χ0v) is 16.6. The van der Waals surface area contributed by atoms with Gasteiger partial charge in [-0.25, -0.2) is 0 Å². The summed E-state index contributed by atoms with van der Waals surface area (Å²) in [5.41, 5.74) is 5.86. The molecule has 2 rings (SSSR count). The van der Waals surface area contributed by atoms with Gasteiger partial charge in [-0.3, -0.25) is 9.69 Å². The topological polar surface area (TPSA) is 88.5 Å². The van der Waals surface area contributed by atoms with Crippen LogP contribution in [0.15, 0.2) is 4.52 Å². The Morgan fingerprint density at radius 1 is 1.21 bits per heavy atom. The maximum absolute atomic E-state index is 12.4. The van der Waals surface area contributed by atoms with Crippen molar-refractivity contribution in [2.45, 2.75) is 46.7 Å². The van der Waals surface area contributed by atoms with Gasteiger partial charge in [0.05, 0.1) is 12.1 Å². The van der Waals surface area contributed by atoms with Crippen LogP contribution < -0.4 is 5.73 Å². The molecule has 0 bridgehead atoms. The van der Waals surface area contributed by atoms with Crippen molar-refractivity contribution in [2.75, 3.05) is 26.2 Å². The van der Waals surface area contributed by atoms with Gasteiger partial charge in [0.25, 0.3) is 0 Å². The maximum atomic E-state index is 12.4. The molecule has 0 spiro atoms. The number of aryl methyl sites for hydroxylation is 1. The van der Waals surface area contributed by atoms with E-state index in [1.165, 1.54) is 0 Å². The van der Waals surface area contributed by atoms with E-state index in [0.717, 1.165) is 13.1 Å². The number of amides is 1. The van der Waals surface area contributed by atoms with Crippen molar-refractivity contribution in [3.8, 4) is 0 Å².